The zero-order chi connectivity index (χ0) is 17.1. The average molecular weight is 317 g/mol. The van der Waals surface area contributed by atoms with Gasteiger partial charge in [-0.1, -0.05) is 32.6 Å². The molecule has 6 heteroatoms. The molecule has 0 aromatic carbocycles. The molecule has 1 aromatic heterocycles. The standard InChI is InChI=1S/C17H23N3O3/c1-6-11(10(3)4)15-12(7-2)18-17(20(15)5)23-13-8-9-14(21)19-16(13)22/h6-7,10,13H,1,8-9H2,2-5H3,(H,19,21,22)/b12-7+,15-11-. The Morgan fingerprint density at radius 3 is 2.70 bits per heavy atom. The fourth-order valence-corrected chi connectivity index (χ4v) is 2.67. The van der Waals surface area contributed by atoms with Gasteiger partial charge < -0.3 is 4.74 Å². The highest BCUT2D eigenvalue weighted by Crippen LogP contribution is 2.14. The normalized spacial score (nSPS) is 20.6. The molecule has 2 amide bonds. The second-order valence-electron chi connectivity index (χ2n) is 5.85. The lowest BCUT2D eigenvalue weighted by molar-refractivity contribution is -0.139. The Bertz CT molecular complexity index is 759. The molecule has 1 aromatic rings. The van der Waals surface area contributed by atoms with E-state index in [-0.39, 0.29) is 18.2 Å². The van der Waals surface area contributed by atoms with E-state index in [1.54, 1.807) is 0 Å². The zero-order valence-electron chi connectivity index (χ0n) is 14.0. The van der Waals surface area contributed by atoms with Crippen molar-refractivity contribution in [1.29, 1.82) is 0 Å². The fraction of sp³-hybridized carbons (Fsp3) is 0.471. The molecule has 0 bridgehead atoms. The summed E-state index contributed by atoms with van der Waals surface area (Å²) in [5.41, 5.74) is 1.06. The van der Waals surface area contributed by atoms with Gasteiger partial charge in [-0.3, -0.25) is 19.5 Å². The van der Waals surface area contributed by atoms with Crippen LogP contribution < -0.4 is 20.8 Å². The van der Waals surface area contributed by atoms with E-state index in [4.69, 9.17) is 4.74 Å². The number of imidazole rings is 1. The summed E-state index contributed by atoms with van der Waals surface area (Å²) in [6, 6.07) is 0.364. The quantitative estimate of drug-likeness (QED) is 0.816. The number of imide groups is 1. The molecule has 1 N–H and O–H groups in total. The monoisotopic (exact) mass is 317 g/mol. The smallest absolute Gasteiger partial charge is 0.297 e. The van der Waals surface area contributed by atoms with E-state index in [0.29, 0.717) is 12.4 Å². The van der Waals surface area contributed by atoms with Gasteiger partial charge in [0.25, 0.3) is 11.9 Å². The maximum Gasteiger partial charge on any atom is 0.297 e. The molecule has 0 saturated carbocycles. The van der Waals surface area contributed by atoms with Gasteiger partial charge in [-0.05, 0) is 18.4 Å². The third-order valence-electron chi connectivity index (χ3n) is 3.91. The first-order valence-corrected chi connectivity index (χ1v) is 7.75. The molecule has 1 aliphatic rings. The molecule has 1 aliphatic heterocycles. The Morgan fingerprint density at radius 1 is 1.48 bits per heavy atom. The van der Waals surface area contributed by atoms with Crippen molar-refractivity contribution in [2.24, 2.45) is 13.0 Å². The number of aromatic nitrogens is 2. The van der Waals surface area contributed by atoms with E-state index in [2.05, 4.69) is 30.7 Å². The largest absolute Gasteiger partial charge is 0.451 e. The van der Waals surface area contributed by atoms with Crippen molar-refractivity contribution in [3.63, 3.8) is 0 Å². The second-order valence-corrected chi connectivity index (χ2v) is 5.85. The van der Waals surface area contributed by atoms with Gasteiger partial charge in [0.1, 0.15) is 0 Å². The van der Waals surface area contributed by atoms with Crippen LogP contribution in [0.4, 0.5) is 0 Å². The minimum Gasteiger partial charge on any atom is -0.451 e. The Kier molecular flexibility index (Phi) is 5.03. The Morgan fingerprint density at radius 2 is 2.17 bits per heavy atom. The van der Waals surface area contributed by atoms with Gasteiger partial charge in [0.15, 0.2) is 6.10 Å². The van der Waals surface area contributed by atoms with E-state index in [1.165, 1.54) is 0 Å². The first-order chi connectivity index (χ1) is 10.9. The summed E-state index contributed by atoms with van der Waals surface area (Å²) in [4.78, 5) is 27.6. The number of carbonyl (C=O) groups is 2. The molecule has 2 rings (SSSR count). The van der Waals surface area contributed by atoms with Gasteiger partial charge in [0, 0.05) is 19.9 Å². The van der Waals surface area contributed by atoms with Gasteiger partial charge in [0.2, 0.25) is 5.91 Å². The Hall–Kier alpha value is -2.37. The van der Waals surface area contributed by atoms with Gasteiger partial charge in [0.05, 0.1) is 10.7 Å². The number of amides is 2. The minimum atomic E-state index is -0.697. The number of ether oxygens (including phenoxy) is 1. The average Bonchev–Trinajstić information content (AvgIpc) is 2.79. The molecule has 1 unspecified atom stereocenters. The molecule has 124 valence electrons. The van der Waals surface area contributed by atoms with Crippen LogP contribution in [0.15, 0.2) is 12.7 Å². The van der Waals surface area contributed by atoms with Gasteiger partial charge in [-0.15, -0.1) is 0 Å². The number of nitrogens with one attached hydrogen (secondary N) is 1. The number of hydrogen-bond acceptors (Lipinski definition) is 4. The van der Waals surface area contributed by atoms with Crippen molar-refractivity contribution in [1.82, 2.24) is 14.9 Å². The zero-order valence-corrected chi connectivity index (χ0v) is 14.0. The Balaban J connectivity index is 2.47. The SMILES string of the molecule is C=C/C(=c1\c(=C/C)nc(OC2CCC(=O)NC2=O)n1C)C(C)C. The van der Waals surface area contributed by atoms with E-state index in [1.807, 2.05) is 30.7 Å². The van der Waals surface area contributed by atoms with Crippen LogP contribution in [-0.2, 0) is 16.6 Å². The number of allylic oxidation sites excluding steroid dienone is 1. The highest BCUT2D eigenvalue weighted by molar-refractivity contribution is 5.99. The summed E-state index contributed by atoms with van der Waals surface area (Å²) in [5.74, 6) is -0.394. The summed E-state index contributed by atoms with van der Waals surface area (Å²) in [6.45, 7) is 9.97. The van der Waals surface area contributed by atoms with E-state index in [0.717, 1.165) is 16.3 Å². The third kappa shape index (κ3) is 3.36. The van der Waals surface area contributed by atoms with Crippen molar-refractivity contribution in [3.05, 3.63) is 23.4 Å². The van der Waals surface area contributed by atoms with Crippen LogP contribution in [-0.4, -0.2) is 27.5 Å². The predicted molar refractivity (Wildman–Crippen MR) is 87.8 cm³/mol. The van der Waals surface area contributed by atoms with Crippen molar-refractivity contribution < 1.29 is 14.3 Å². The van der Waals surface area contributed by atoms with Crippen molar-refractivity contribution >= 4 is 23.5 Å². The molecular weight excluding hydrogens is 294 g/mol. The number of piperidine rings is 1. The number of nitrogens with zero attached hydrogens (tertiary/aromatic N) is 2. The molecule has 6 nitrogen and oxygen atoms in total. The molecule has 0 aliphatic carbocycles. The van der Waals surface area contributed by atoms with Crippen LogP contribution in [0.25, 0.3) is 11.6 Å². The lowest BCUT2D eigenvalue weighted by atomic mass is 10.0. The molecule has 0 spiro atoms. The van der Waals surface area contributed by atoms with E-state index in [9.17, 15) is 9.59 Å². The maximum absolute atomic E-state index is 11.9. The molecule has 1 atom stereocenters. The van der Waals surface area contributed by atoms with Crippen LogP contribution >= 0.6 is 0 Å². The number of hydrogen-bond donors (Lipinski definition) is 1. The lowest BCUT2D eigenvalue weighted by Crippen LogP contribution is -2.46. The lowest BCUT2D eigenvalue weighted by Gasteiger charge is -2.21. The number of carbonyl (C=O) groups excluding carboxylic acids is 2. The molecular formula is C17H23N3O3. The van der Waals surface area contributed by atoms with Crippen molar-refractivity contribution in [2.75, 3.05) is 0 Å². The first kappa shape index (κ1) is 17.0. The van der Waals surface area contributed by atoms with Crippen LogP contribution in [0.5, 0.6) is 6.01 Å². The molecule has 1 saturated heterocycles. The summed E-state index contributed by atoms with van der Waals surface area (Å²) in [6.07, 6.45) is 3.66. The van der Waals surface area contributed by atoms with E-state index >= 15 is 0 Å². The van der Waals surface area contributed by atoms with Crippen LogP contribution in [0.3, 0.4) is 0 Å². The summed E-state index contributed by atoms with van der Waals surface area (Å²) in [7, 11) is 1.85. The second kappa shape index (κ2) is 6.81. The highest BCUT2D eigenvalue weighted by Gasteiger charge is 2.29. The van der Waals surface area contributed by atoms with Crippen molar-refractivity contribution in [3.8, 4) is 6.01 Å². The van der Waals surface area contributed by atoms with Crippen molar-refractivity contribution in [2.45, 2.75) is 39.7 Å². The third-order valence-corrected chi connectivity index (χ3v) is 3.91. The summed E-state index contributed by atoms with van der Waals surface area (Å²) < 4.78 is 7.59. The van der Waals surface area contributed by atoms with Gasteiger partial charge in [-0.2, -0.15) is 4.98 Å². The molecule has 0 radical (unpaired) electrons. The first-order valence-electron chi connectivity index (χ1n) is 7.75. The van der Waals surface area contributed by atoms with Crippen LogP contribution in [0, 0.1) is 5.92 Å². The summed E-state index contributed by atoms with van der Waals surface area (Å²) in [5, 5.41) is 4.01. The van der Waals surface area contributed by atoms with Crippen LogP contribution in [0.1, 0.15) is 33.6 Å². The fourth-order valence-electron chi connectivity index (χ4n) is 2.67. The number of rotatable bonds is 4. The minimum absolute atomic E-state index is 0.264. The van der Waals surface area contributed by atoms with Crippen LogP contribution in [0.2, 0.25) is 0 Å². The molecule has 2 heterocycles. The van der Waals surface area contributed by atoms with Gasteiger partial charge in [-0.25, -0.2) is 0 Å². The van der Waals surface area contributed by atoms with E-state index < -0.39 is 12.0 Å². The predicted octanol–water partition coefficient (Wildman–Crippen LogP) is 0.397. The topological polar surface area (TPSA) is 73.2 Å². The summed E-state index contributed by atoms with van der Waals surface area (Å²) >= 11 is 0. The maximum atomic E-state index is 11.9. The molecule has 23 heavy (non-hydrogen) atoms. The highest BCUT2D eigenvalue weighted by atomic mass is 16.5. The van der Waals surface area contributed by atoms with Gasteiger partial charge >= 0.3 is 0 Å². The Labute approximate surface area is 135 Å². The molecule has 1 fully saturated rings.